The topological polar surface area (TPSA) is 105 Å². The summed E-state index contributed by atoms with van der Waals surface area (Å²) in [5.41, 5.74) is 2.37. The standard InChI is InChI=1S/C20H22BrN3O5S/c1-11-7-14(5-6-15(11)21)22-19(25)10-24(4)30(27,28)18-9-17-16(8-12(18)2)23-20(26)13(3)29-17/h5-9,13H,10H2,1-4H3,(H,22,25)(H,23,26)/t13-/m1/s1. The van der Waals surface area contributed by atoms with Gasteiger partial charge in [-0.05, 0) is 56.2 Å². The molecule has 0 saturated heterocycles. The molecule has 2 aromatic rings. The van der Waals surface area contributed by atoms with Gasteiger partial charge in [0.05, 0.1) is 17.1 Å². The van der Waals surface area contributed by atoms with Crippen molar-refractivity contribution < 1.29 is 22.7 Å². The van der Waals surface area contributed by atoms with Crippen LogP contribution in [0.1, 0.15) is 18.1 Å². The number of sulfonamides is 1. The molecule has 2 N–H and O–H groups in total. The first-order chi connectivity index (χ1) is 14.0. The monoisotopic (exact) mass is 495 g/mol. The lowest BCUT2D eigenvalue weighted by Gasteiger charge is -2.25. The van der Waals surface area contributed by atoms with Crippen LogP contribution in [0.3, 0.4) is 0 Å². The van der Waals surface area contributed by atoms with Crippen LogP contribution in [0.25, 0.3) is 0 Å². The van der Waals surface area contributed by atoms with Crippen LogP contribution in [0.15, 0.2) is 39.7 Å². The highest BCUT2D eigenvalue weighted by Gasteiger charge is 2.30. The molecule has 0 aromatic heterocycles. The molecular weight excluding hydrogens is 474 g/mol. The number of hydrogen-bond acceptors (Lipinski definition) is 5. The molecule has 2 amide bonds. The molecule has 10 heteroatoms. The predicted molar refractivity (Wildman–Crippen MR) is 117 cm³/mol. The van der Waals surface area contributed by atoms with Crippen LogP contribution in [0.4, 0.5) is 11.4 Å². The zero-order chi connectivity index (χ0) is 22.2. The van der Waals surface area contributed by atoms with Crippen LogP contribution in [0.2, 0.25) is 0 Å². The number of carbonyl (C=O) groups is 2. The van der Waals surface area contributed by atoms with E-state index in [1.165, 1.54) is 13.1 Å². The third kappa shape index (κ3) is 4.50. The van der Waals surface area contributed by atoms with Crippen molar-refractivity contribution in [3.05, 3.63) is 45.9 Å². The van der Waals surface area contributed by atoms with Crippen LogP contribution in [-0.4, -0.2) is 44.2 Å². The number of fused-ring (bicyclic) bond motifs is 1. The summed E-state index contributed by atoms with van der Waals surface area (Å²) in [6.45, 7) is 4.73. The lowest BCUT2D eigenvalue weighted by atomic mass is 10.1. The molecule has 0 unspecified atom stereocenters. The summed E-state index contributed by atoms with van der Waals surface area (Å²) in [4.78, 5) is 24.2. The van der Waals surface area contributed by atoms with Crippen LogP contribution in [0, 0.1) is 13.8 Å². The van der Waals surface area contributed by atoms with E-state index in [1.54, 1.807) is 32.0 Å². The van der Waals surface area contributed by atoms with Gasteiger partial charge in [0.25, 0.3) is 5.91 Å². The number of hydrogen-bond donors (Lipinski definition) is 2. The molecule has 0 bridgehead atoms. The van der Waals surface area contributed by atoms with Crippen LogP contribution >= 0.6 is 15.9 Å². The third-order valence-electron chi connectivity index (χ3n) is 4.70. The van der Waals surface area contributed by atoms with Gasteiger partial charge in [-0.2, -0.15) is 4.31 Å². The number of ether oxygens (including phenoxy) is 1. The van der Waals surface area contributed by atoms with E-state index in [2.05, 4.69) is 26.6 Å². The van der Waals surface area contributed by atoms with Crippen LogP contribution in [0.5, 0.6) is 5.75 Å². The van der Waals surface area contributed by atoms with E-state index < -0.39 is 22.0 Å². The summed E-state index contributed by atoms with van der Waals surface area (Å²) >= 11 is 3.39. The molecule has 0 fully saturated rings. The fourth-order valence-corrected chi connectivity index (χ4v) is 4.59. The Morgan fingerprint density at radius 1 is 1.23 bits per heavy atom. The fourth-order valence-electron chi connectivity index (χ4n) is 3.00. The molecule has 1 aliphatic heterocycles. The first-order valence-corrected chi connectivity index (χ1v) is 11.4. The van der Waals surface area contributed by atoms with E-state index >= 15 is 0 Å². The average molecular weight is 496 g/mol. The van der Waals surface area contributed by atoms with Crippen molar-refractivity contribution in [1.29, 1.82) is 0 Å². The first kappa shape index (κ1) is 22.3. The second-order valence-corrected chi connectivity index (χ2v) is 10.0. The quantitative estimate of drug-likeness (QED) is 0.662. The average Bonchev–Trinajstić information content (AvgIpc) is 2.65. The lowest BCUT2D eigenvalue weighted by molar-refractivity contribution is -0.122. The Morgan fingerprint density at radius 3 is 2.60 bits per heavy atom. The summed E-state index contributed by atoms with van der Waals surface area (Å²) in [5, 5.41) is 5.39. The molecule has 0 radical (unpaired) electrons. The first-order valence-electron chi connectivity index (χ1n) is 9.13. The number of nitrogens with one attached hydrogen (secondary N) is 2. The SMILES string of the molecule is Cc1cc(NC(=O)CN(C)S(=O)(=O)c2cc3c(cc2C)NC(=O)[C@@H](C)O3)ccc1Br. The van der Waals surface area contributed by atoms with Gasteiger partial charge >= 0.3 is 0 Å². The maximum atomic E-state index is 13.1. The molecule has 3 rings (SSSR count). The van der Waals surface area contributed by atoms with Gasteiger partial charge in [0.1, 0.15) is 5.75 Å². The van der Waals surface area contributed by atoms with Crippen molar-refractivity contribution in [2.45, 2.75) is 31.8 Å². The van der Waals surface area contributed by atoms with Crippen molar-refractivity contribution in [2.75, 3.05) is 24.2 Å². The van der Waals surface area contributed by atoms with E-state index in [-0.39, 0.29) is 23.1 Å². The molecule has 1 heterocycles. The van der Waals surface area contributed by atoms with Crippen molar-refractivity contribution in [3.8, 4) is 5.75 Å². The number of anilines is 2. The highest BCUT2D eigenvalue weighted by molar-refractivity contribution is 9.10. The summed E-state index contributed by atoms with van der Waals surface area (Å²) in [7, 11) is -2.62. The molecule has 8 nitrogen and oxygen atoms in total. The molecule has 160 valence electrons. The number of amides is 2. The maximum Gasteiger partial charge on any atom is 0.265 e. The highest BCUT2D eigenvalue weighted by atomic mass is 79.9. The molecule has 30 heavy (non-hydrogen) atoms. The van der Waals surface area contributed by atoms with E-state index in [9.17, 15) is 18.0 Å². The van der Waals surface area contributed by atoms with Gasteiger partial charge in [0, 0.05) is 23.3 Å². The van der Waals surface area contributed by atoms with E-state index in [4.69, 9.17) is 4.74 Å². The Bertz CT molecular complexity index is 1130. The minimum atomic E-state index is -3.96. The highest BCUT2D eigenvalue weighted by Crippen LogP contribution is 2.35. The van der Waals surface area contributed by atoms with Crippen molar-refractivity contribution in [3.63, 3.8) is 0 Å². The van der Waals surface area contributed by atoms with E-state index in [1.807, 2.05) is 13.0 Å². The molecule has 0 aliphatic carbocycles. The van der Waals surface area contributed by atoms with Gasteiger partial charge in [-0.1, -0.05) is 15.9 Å². The zero-order valence-corrected chi connectivity index (χ0v) is 19.3. The smallest absolute Gasteiger partial charge is 0.265 e. The third-order valence-corrected chi connectivity index (χ3v) is 7.54. The number of aryl methyl sites for hydroxylation is 2. The minimum absolute atomic E-state index is 0.0133. The molecule has 1 aliphatic rings. The summed E-state index contributed by atoms with van der Waals surface area (Å²) in [6, 6.07) is 8.25. The van der Waals surface area contributed by atoms with Gasteiger partial charge in [0.2, 0.25) is 15.9 Å². The second kappa shape index (κ2) is 8.37. The number of likely N-dealkylation sites (N-methyl/N-ethyl adjacent to an activating group) is 1. The molecule has 1 atom stereocenters. The normalized spacial score (nSPS) is 15.9. The molecule has 0 saturated carbocycles. The largest absolute Gasteiger partial charge is 0.479 e. The number of benzene rings is 2. The number of nitrogens with zero attached hydrogens (tertiary/aromatic N) is 1. The fraction of sp³-hybridized carbons (Fsp3) is 0.300. The number of carbonyl (C=O) groups excluding carboxylic acids is 2. The number of rotatable bonds is 5. The van der Waals surface area contributed by atoms with Crippen molar-refractivity contribution in [1.82, 2.24) is 4.31 Å². The summed E-state index contributed by atoms with van der Waals surface area (Å²) in [5.74, 6) is -0.487. The van der Waals surface area contributed by atoms with Crippen molar-refractivity contribution in [2.24, 2.45) is 0 Å². The van der Waals surface area contributed by atoms with Crippen molar-refractivity contribution >= 4 is 49.1 Å². The predicted octanol–water partition coefficient (Wildman–Crippen LogP) is 3.04. The van der Waals surface area contributed by atoms with Gasteiger partial charge in [-0.15, -0.1) is 0 Å². The van der Waals surface area contributed by atoms with Gasteiger partial charge < -0.3 is 15.4 Å². The van der Waals surface area contributed by atoms with E-state index in [0.29, 0.717) is 16.9 Å². The van der Waals surface area contributed by atoms with E-state index in [0.717, 1.165) is 14.3 Å². The molecule has 2 aromatic carbocycles. The number of halogens is 1. The van der Waals surface area contributed by atoms with Crippen LogP contribution < -0.4 is 15.4 Å². The molecule has 0 spiro atoms. The Labute approximate surface area is 183 Å². The Kier molecular flexibility index (Phi) is 6.21. The Balaban J connectivity index is 1.79. The molecular formula is C20H22BrN3O5S. The summed E-state index contributed by atoms with van der Waals surface area (Å²) in [6.07, 6.45) is -0.728. The minimum Gasteiger partial charge on any atom is -0.479 e. The lowest BCUT2D eigenvalue weighted by Crippen LogP contribution is -2.36. The van der Waals surface area contributed by atoms with Gasteiger partial charge in [-0.25, -0.2) is 8.42 Å². The van der Waals surface area contributed by atoms with Gasteiger partial charge in [-0.3, -0.25) is 9.59 Å². The zero-order valence-electron chi connectivity index (χ0n) is 16.9. The maximum absolute atomic E-state index is 13.1. The van der Waals surface area contributed by atoms with Gasteiger partial charge in [0.15, 0.2) is 6.10 Å². The Hall–Kier alpha value is -2.43. The van der Waals surface area contributed by atoms with Crippen LogP contribution in [-0.2, 0) is 19.6 Å². The summed E-state index contributed by atoms with van der Waals surface area (Å²) < 4.78 is 33.5. The second-order valence-electron chi connectivity index (χ2n) is 7.14. The Morgan fingerprint density at radius 2 is 1.93 bits per heavy atom.